The minimum Gasteiger partial charge on any atom is -0.360 e. The van der Waals surface area contributed by atoms with Crippen LogP contribution < -0.4 is 15.4 Å². The fraction of sp³-hybridized carbons (Fsp3) is 0.692. The average molecular weight is 332 g/mol. The Morgan fingerprint density at radius 3 is 2.45 bits per heavy atom. The number of hydrogen-bond acceptors (Lipinski definition) is 6. The van der Waals surface area contributed by atoms with Crippen LogP contribution in [0.3, 0.4) is 0 Å². The van der Waals surface area contributed by atoms with Gasteiger partial charge in [-0.1, -0.05) is 12.1 Å². The second-order valence-corrected chi connectivity index (χ2v) is 6.85. The summed E-state index contributed by atoms with van der Waals surface area (Å²) in [5.74, 6) is -0.196. The zero-order valence-corrected chi connectivity index (χ0v) is 14.4. The number of carbonyl (C=O) groups is 1. The van der Waals surface area contributed by atoms with Crippen LogP contribution in [-0.2, 0) is 14.8 Å². The van der Waals surface area contributed by atoms with E-state index in [0.717, 1.165) is 6.54 Å². The van der Waals surface area contributed by atoms with Crippen molar-refractivity contribution < 1.29 is 17.7 Å². The molecule has 0 aliphatic carbocycles. The van der Waals surface area contributed by atoms with Gasteiger partial charge in [0.05, 0.1) is 6.04 Å². The molecule has 2 atom stereocenters. The first-order chi connectivity index (χ1) is 10.2. The number of sulfonamides is 1. The predicted molar refractivity (Wildman–Crippen MR) is 81.9 cm³/mol. The second kappa shape index (κ2) is 7.70. The lowest BCUT2D eigenvalue weighted by Crippen LogP contribution is -2.48. The summed E-state index contributed by atoms with van der Waals surface area (Å²) in [7, 11) is -3.85. The zero-order valence-electron chi connectivity index (χ0n) is 13.6. The lowest BCUT2D eigenvalue weighted by molar-refractivity contribution is -0.122. The fourth-order valence-electron chi connectivity index (χ4n) is 2.03. The first kappa shape index (κ1) is 18.6. The molecule has 1 rings (SSSR count). The Hall–Kier alpha value is -1.45. The van der Waals surface area contributed by atoms with Crippen molar-refractivity contribution >= 4 is 15.9 Å². The van der Waals surface area contributed by atoms with Gasteiger partial charge in [0.1, 0.15) is 10.6 Å². The summed E-state index contributed by atoms with van der Waals surface area (Å²) in [6, 6.07) is -0.784. The molecule has 0 fully saturated rings. The highest BCUT2D eigenvalue weighted by atomic mass is 32.2. The summed E-state index contributed by atoms with van der Waals surface area (Å²) in [6.07, 6.45) is 0. The number of likely N-dealkylation sites (N-methyl/N-ethyl adjacent to an activating group) is 1. The molecule has 126 valence electrons. The van der Waals surface area contributed by atoms with E-state index >= 15 is 0 Å². The van der Waals surface area contributed by atoms with Gasteiger partial charge in [-0.25, -0.2) is 8.42 Å². The van der Waals surface area contributed by atoms with Crippen molar-refractivity contribution in [3.05, 3.63) is 11.5 Å². The van der Waals surface area contributed by atoms with Crippen LogP contribution in [0.2, 0.25) is 0 Å². The van der Waals surface area contributed by atoms with E-state index in [0.29, 0.717) is 6.54 Å². The van der Waals surface area contributed by atoms with E-state index in [1.807, 2.05) is 13.8 Å². The summed E-state index contributed by atoms with van der Waals surface area (Å²) in [6.45, 7) is 9.66. The van der Waals surface area contributed by atoms with Crippen LogP contribution in [0.15, 0.2) is 9.42 Å². The molecule has 0 radical (unpaired) electrons. The van der Waals surface area contributed by atoms with Crippen LogP contribution in [-0.4, -0.2) is 44.7 Å². The topological polar surface area (TPSA) is 113 Å². The summed E-state index contributed by atoms with van der Waals surface area (Å²) < 4.78 is 31.8. The third-order valence-corrected chi connectivity index (χ3v) is 4.88. The third kappa shape index (κ3) is 4.79. The predicted octanol–water partition coefficient (Wildman–Crippen LogP) is 0.0724. The molecule has 3 N–H and O–H groups in total. The van der Waals surface area contributed by atoms with E-state index in [9.17, 15) is 13.2 Å². The highest BCUT2D eigenvalue weighted by Gasteiger charge is 2.28. The number of rotatable bonds is 8. The Morgan fingerprint density at radius 2 is 1.95 bits per heavy atom. The Kier molecular flexibility index (Phi) is 6.51. The van der Waals surface area contributed by atoms with E-state index in [1.54, 1.807) is 0 Å². The summed E-state index contributed by atoms with van der Waals surface area (Å²) in [5, 5.41) is 9.46. The van der Waals surface area contributed by atoms with Crippen molar-refractivity contribution in [1.29, 1.82) is 0 Å². The van der Waals surface area contributed by atoms with Gasteiger partial charge in [0.25, 0.3) is 0 Å². The Bertz CT molecular complexity index is 592. The van der Waals surface area contributed by atoms with Crippen molar-refractivity contribution in [2.75, 3.05) is 13.1 Å². The van der Waals surface area contributed by atoms with E-state index < -0.39 is 16.1 Å². The number of carbonyl (C=O) groups excluding carboxylic acids is 1. The molecule has 8 nitrogen and oxygen atoms in total. The monoisotopic (exact) mass is 332 g/mol. The Morgan fingerprint density at radius 1 is 1.32 bits per heavy atom. The number of aromatic nitrogens is 1. The molecule has 1 amide bonds. The minimum absolute atomic E-state index is 0.0202. The number of nitrogens with one attached hydrogen (secondary N) is 3. The molecule has 0 bridgehead atoms. The Balaban J connectivity index is 2.67. The van der Waals surface area contributed by atoms with Crippen LogP contribution in [0.1, 0.15) is 32.2 Å². The molecule has 0 aliphatic heterocycles. The molecular formula is C13H24N4O4S. The largest absolute Gasteiger partial charge is 0.360 e. The van der Waals surface area contributed by atoms with Crippen LogP contribution in [0, 0.1) is 13.8 Å². The molecule has 0 saturated carbocycles. The number of aryl methyl sites for hydroxylation is 2. The normalized spacial score (nSPS) is 14.6. The van der Waals surface area contributed by atoms with Crippen LogP contribution in [0.25, 0.3) is 0 Å². The number of hydrogen-bond donors (Lipinski definition) is 3. The highest BCUT2D eigenvalue weighted by Crippen LogP contribution is 2.18. The van der Waals surface area contributed by atoms with E-state index in [-0.39, 0.29) is 28.3 Å². The molecule has 22 heavy (non-hydrogen) atoms. The highest BCUT2D eigenvalue weighted by molar-refractivity contribution is 7.89. The fourth-order valence-corrected chi connectivity index (χ4v) is 3.56. The molecular weight excluding hydrogens is 308 g/mol. The van der Waals surface area contributed by atoms with E-state index in [1.165, 1.54) is 20.8 Å². The maximum atomic E-state index is 12.3. The lowest BCUT2D eigenvalue weighted by Gasteiger charge is -2.17. The first-order valence-electron chi connectivity index (χ1n) is 7.15. The number of amides is 1. The van der Waals surface area contributed by atoms with Crippen molar-refractivity contribution in [3.8, 4) is 0 Å². The quantitative estimate of drug-likeness (QED) is 0.621. The van der Waals surface area contributed by atoms with Crippen molar-refractivity contribution in [2.45, 2.75) is 51.6 Å². The molecule has 1 heterocycles. The maximum absolute atomic E-state index is 12.3. The van der Waals surface area contributed by atoms with Gasteiger partial charge in [0.2, 0.25) is 15.9 Å². The van der Waals surface area contributed by atoms with Crippen molar-refractivity contribution in [2.24, 2.45) is 0 Å². The van der Waals surface area contributed by atoms with Crippen molar-refractivity contribution in [1.82, 2.24) is 20.5 Å². The number of nitrogens with zero attached hydrogens (tertiary/aromatic N) is 1. The summed E-state index contributed by atoms with van der Waals surface area (Å²) >= 11 is 0. The van der Waals surface area contributed by atoms with E-state index in [4.69, 9.17) is 4.52 Å². The molecule has 0 aromatic carbocycles. The first-order valence-corrected chi connectivity index (χ1v) is 8.63. The van der Waals surface area contributed by atoms with Gasteiger partial charge in [-0.3, -0.25) is 4.79 Å². The maximum Gasteiger partial charge on any atom is 0.246 e. The lowest BCUT2D eigenvalue weighted by atomic mass is 10.3. The third-order valence-electron chi connectivity index (χ3n) is 3.10. The van der Waals surface area contributed by atoms with Gasteiger partial charge in [-0.05, 0) is 34.2 Å². The van der Waals surface area contributed by atoms with Crippen molar-refractivity contribution in [3.63, 3.8) is 0 Å². The smallest absolute Gasteiger partial charge is 0.246 e. The molecule has 1 aromatic rings. The van der Waals surface area contributed by atoms with E-state index in [2.05, 4.69) is 20.5 Å². The minimum atomic E-state index is -3.85. The Labute approximate surface area is 131 Å². The molecule has 1 aromatic heterocycles. The molecule has 0 aliphatic rings. The van der Waals surface area contributed by atoms with Gasteiger partial charge >= 0.3 is 0 Å². The van der Waals surface area contributed by atoms with Gasteiger partial charge in [-0.2, -0.15) is 4.72 Å². The second-order valence-electron chi connectivity index (χ2n) is 5.20. The van der Waals surface area contributed by atoms with Gasteiger partial charge in [0, 0.05) is 12.6 Å². The standard InChI is InChI=1S/C13H24N4O4S/c1-6-14-8(2)7-15-13(18)10(4)17-22(19,20)12-9(3)16-21-11(12)5/h8,10,14,17H,6-7H2,1-5H3,(H,15,18)/t8-,10?/m1/s1. The summed E-state index contributed by atoms with van der Waals surface area (Å²) in [4.78, 5) is 11.9. The molecule has 1 unspecified atom stereocenters. The molecule has 0 spiro atoms. The zero-order chi connectivity index (χ0) is 16.9. The van der Waals surface area contributed by atoms with Gasteiger partial charge in [-0.15, -0.1) is 0 Å². The molecule has 9 heteroatoms. The SMILES string of the molecule is CCN[C@H](C)CNC(=O)C(C)NS(=O)(=O)c1c(C)noc1C. The van der Waals surface area contributed by atoms with Crippen LogP contribution in [0.4, 0.5) is 0 Å². The van der Waals surface area contributed by atoms with Crippen LogP contribution in [0.5, 0.6) is 0 Å². The van der Waals surface area contributed by atoms with Gasteiger partial charge < -0.3 is 15.2 Å². The summed E-state index contributed by atoms with van der Waals surface area (Å²) in [5.41, 5.74) is 0.262. The van der Waals surface area contributed by atoms with Gasteiger partial charge in [0.15, 0.2) is 5.76 Å². The van der Waals surface area contributed by atoms with Crippen LogP contribution >= 0.6 is 0 Å². The average Bonchev–Trinajstić information content (AvgIpc) is 2.75. The molecule has 0 saturated heterocycles.